The van der Waals surface area contributed by atoms with E-state index in [9.17, 15) is 22.4 Å². The SMILES string of the molecule is CC(Oc1ccc(C(N)=O)cn1)C(F)(F)C(F)F. The summed E-state index contributed by atoms with van der Waals surface area (Å²) in [6.07, 6.45) is -4.88. The highest BCUT2D eigenvalue weighted by Crippen LogP contribution is 2.29. The van der Waals surface area contributed by atoms with Crippen molar-refractivity contribution in [2.45, 2.75) is 25.4 Å². The molecule has 0 saturated carbocycles. The summed E-state index contributed by atoms with van der Waals surface area (Å²) in [4.78, 5) is 14.2. The average molecular weight is 266 g/mol. The van der Waals surface area contributed by atoms with E-state index < -0.39 is 24.4 Å². The molecule has 0 aromatic carbocycles. The molecular formula is C10H10F4N2O2. The largest absolute Gasteiger partial charge is 0.468 e. The number of pyridine rings is 1. The first-order chi connectivity index (χ1) is 8.25. The highest BCUT2D eigenvalue weighted by molar-refractivity contribution is 5.92. The van der Waals surface area contributed by atoms with Crippen molar-refractivity contribution in [2.24, 2.45) is 5.73 Å². The van der Waals surface area contributed by atoms with Gasteiger partial charge in [0.25, 0.3) is 0 Å². The van der Waals surface area contributed by atoms with E-state index >= 15 is 0 Å². The molecule has 1 aromatic heterocycles. The van der Waals surface area contributed by atoms with Crippen LogP contribution in [0.25, 0.3) is 0 Å². The summed E-state index contributed by atoms with van der Waals surface area (Å²) < 4.78 is 54.3. The van der Waals surface area contributed by atoms with Crippen LogP contribution in [-0.4, -0.2) is 29.3 Å². The molecular weight excluding hydrogens is 256 g/mol. The van der Waals surface area contributed by atoms with Gasteiger partial charge < -0.3 is 10.5 Å². The fourth-order valence-corrected chi connectivity index (χ4v) is 1.03. The Morgan fingerprint density at radius 2 is 2.06 bits per heavy atom. The third kappa shape index (κ3) is 3.08. The number of carbonyl (C=O) groups excluding carboxylic acids is 1. The van der Waals surface area contributed by atoms with Crippen molar-refractivity contribution in [3.05, 3.63) is 23.9 Å². The van der Waals surface area contributed by atoms with Gasteiger partial charge >= 0.3 is 12.3 Å². The second-order valence-corrected chi connectivity index (χ2v) is 3.48. The summed E-state index contributed by atoms with van der Waals surface area (Å²) in [5, 5.41) is 0. The molecule has 1 amide bonds. The highest BCUT2D eigenvalue weighted by atomic mass is 19.3. The molecule has 0 radical (unpaired) electrons. The Kier molecular flexibility index (Phi) is 4.10. The van der Waals surface area contributed by atoms with E-state index in [0.29, 0.717) is 0 Å². The zero-order valence-corrected chi connectivity index (χ0v) is 9.24. The lowest BCUT2D eigenvalue weighted by molar-refractivity contribution is -0.179. The fourth-order valence-electron chi connectivity index (χ4n) is 1.03. The zero-order chi connectivity index (χ0) is 13.9. The molecule has 100 valence electrons. The highest BCUT2D eigenvalue weighted by Gasteiger charge is 2.48. The van der Waals surface area contributed by atoms with Crippen molar-refractivity contribution in [1.29, 1.82) is 0 Å². The van der Waals surface area contributed by atoms with Crippen LogP contribution < -0.4 is 10.5 Å². The minimum Gasteiger partial charge on any atom is -0.468 e. The Morgan fingerprint density at radius 1 is 1.44 bits per heavy atom. The Hall–Kier alpha value is -1.86. The smallest absolute Gasteiger partial charge is 0.343 e. The van der Waals surface area contributed by atoms with Crippen molar-refractivity contribution in [1.82, 2.24) is 4.98 Å². The first-order valence-electron chi connectivity index (χ1n) is 4.83. The van der Waals surface area contributed by atoms with Gasteiger partial charge in [-0.1, -0.05) is 0 Å². The summed E-state index contributed by atoms with van der Waals surface area (Å²) in [7, 11) is 0. The maximum absolute atomic E-state index is 12.9. The monoisotopic (exact) mass is 266 g/mol. The molecule has 0 aliphatic heterocycles. The number of primary amides is 1. The standard InChI is InChI=1S/C10H10F4N2O2/c1-5(10(13,14)9(11)12)18-7-3-2-6(4-16-7)8(15)17/h2-5,9H,1H3,(H2,15,17). The minimum atomic E-state index is -4.29. The molecule has 18 heavy (non-hydrogen) atoms. The number of hydrogen-bond acceptors (Lipinski definition) is 3. The maximum atomic E-state index is 12.9. The van der Waals surface area contributed by atoms with Crippen molar-refractivity contribution < 1.29 is 27.1 Å². The molecule has 0 aliphatic carbocycles. The topological polar surface area (TPSA) is 65.2 Å². The molecule has 0 saturated heterocycles. The number of nitrogens with zero attached hydrogens (tertiary/aromatic N) is 1. The van der Waals surface area contributed by atoms with Gasteiger partial charge in [-0.15, -0.1) is 0 Å². The average Bonchev–Trinajstić information content (AvgIpc) is 2.29. The Balaban J connectivity index is 2.76. The van der Waals surface area contributed by atoms with Gasteiger partial charge in [0.1, 0.15) is 0 Å². The normalized spacial score (nSPS) is 13.4. The third-order valence-electron chi connectivity index (χ3n) is 2.15. The van der Waals surface area contributed by atoms with Crippen molar-refractivity contribution in [3.63, 3.8) is 0 Å². The Bertz CT molecular complexity index is 422. The molecule has 1 unspecified atom stereocenters. The van der Waals surface area contributed by atoms with Crippen LogP contribution in [0.15, 0.2) is 18.3 Å². The second kappa shape index (κ2) is 5.19. The Morgan fingerprint density at radius 3 is 2.44 bits per heavy atom. The fraction of sp³-hybridized carbons (Fsp3) is 0.400. The van der Waals surface area contributed by atoms with Gasteiger partial charge in [0.15, 0.2) is 6.10 Å². The number of alkyl halides is 4. The van der Waals surface area contributed by atoms with Crippen molar-refractivity contribution in [2.75, 3.05) is 0 Å². The van der Waals surface area contributed by atoms with E-state index in [0.717, 1.165) is 19.2 Å². The van der Waals surface area contributed by atoms with Crippen molar-refractivity contribution in [3.8, 4) is 5.88 Å². The summed E-state index contributed by atoms with van der Waals surface area (Å²) in [6, 6.07) is 2.29. The minimum absolute atomic E-state index is 0.0515. The Labute approximate surface area is 99.8 Å². The van der Waals surface area contributed by atoms with Crippen LogP contribution in [0.3, 0.4) is 0 Å². The number of nitrogens with two attached hydrogens (primary N) is 1. The molecule has 1 heterocycles. The van der Waals surface area contributed by atoms with Crippen LogP contribution in [0.1, 0.15) is 17.3 Å². The number of carbonyl (C=O) groups is 1. The van der Waals surface area contributed by atoms with Gasteiger partial charge in [-0.05, 0) is 13.0 Å². The number of hydrogen-bond donors (Lipinski definition) is 1. The molecule has 0 aliphatic rings. The molecule has 1 aromatic rings. The van der Waals surface area contributed by atoms with E-state index in [1.807, 2.05) is 0 Å². The van der Waals surface area contributed by atoms with Crippen LogP contribution >= 0.6 is 0 Å². The van der Waals surface area contributed by atoms with Gasteiger partial charge in [-0.25, -0.2) is 13.8 Å². The lowest BCUT2D eigenvalue weighted by Gasteiger charge is -2.23. The predicted molar refractivity (Wildman–Crippen MR) is 53.8 cm³/mol. The molecule has 0 bridgehead atoms. The molecule has 4 nitrogen and oxygen atoms in total. The summed E-state index contributed by atoms with van der Waals surface area (Å²) in [5.41, 5.74) is 4.99. The number of halogens is 4. The van der Waals surface area contributed by atoms with Gasteiger partial charge in [-0.2, -0.15) is 8.78 Å². The van der Waals surface area contributed by atoms with E-state index in [1.54, 1.807) is 0 Å². The van der Waals surface area contributed by atoms with Gasteiger partial charge in [0.05, 0.1) is 5.56 Å². The lowest BCUT2D eigenvalue weighted by Crippen LogP contribution is -2.42. The number of amides is 1. The van der Waals surface area contributed by atoms with Gasteiger partial charge in [0.2, 0.25) is 11.8 Å². The first kappa shape index (κ1) is 14.2. The second-order valence-electron chi connectivity index (χ2n) is 3.48. The van der Waals surface area contributed by atoms with Crippen LogP contribution in [0.5, 0.6) is 5.88 Å². The van der Waals surface area contributed by atoms with Crippen LogP contribution in [0.4, 0.5) is 17.6 Å². The predicted octanol–water partition coefficient (Wildman–Crippen LogP) is 1.85. The van der Waals surface area contributed by atoms with Gasteiger partial charge in [0, 0.05) is 12.3 Å². The zero-order valence-electron chi connectivity index (χ0n) is 9.24. The van der Waals surface area contributed by atoms with Gasteiger partial charge in [-0.3, -0.25) is 4.79 Å². The van der Waals surface area contributed by atoms with E-state index in [1.165, 1.54) is 6.07 Å². The molecule has 0 spiro atoms. The molecule has 2 N–H and O–H groups in total. The number of rotatable bonds is 5. The molecule has 1 rings (SSSR count). The summed E-state index contributed by atoms with van der Waals surface area (Å²) in [5.74, 6) is -5.34. The van der Waals surface area contributed by atoms with Crippen molar-refractivity contribution >= 4 is 5.91 Å². The first-order valence-corrected chi connectivity index (χ1v) is 4.83. The number of aromatic nitrogens is 1. The van der Waals surface area contributed by atoms with E-state index in [-0.39, 0.29) is 11.4 Å². The lowest BCUT2D eigenvalue weighted by atomic mass is 10.2. The number of ether oxygens (including phenoxy) is 1. The van der Waals surface area contributed by atoms with Crippen LogP contribution in [0, 0.1) is 0 Å². The molecule has 0 fully saturated rings. The van der Waals surface area contributed by atoms with Crippen LogP contribution in [-0.2, 0) is 0 Å². The molecule has 1 atom stereocenters. The van der Waals surface area contributed by atoms with E-state index in [4.69, 9.17) is 5.73 Å². The maximum Gasteiger partial charge on any atom is 0.343 e. The molecule has 8 heteroatoms. The summed E-state index contributed by atoms with van der Waals surface area (Å²) in [6.45, 7) is 0.801. The summed E-state index contributed by atoms with van der Waals surface area (Å²) >= 11 is 0. The third-order valence-corrected chi connectivity index (χ3v) is 2.15. The quantitative estimate of drug-likeness (QED) is 0.827. The van der Waals surface area contributed by atoms with Crippen LogP contribution in [0.2, 0.25) is 0 Å². The van der Waals surface area contributed by atoms with E-state index in [2.05, 4.69) is 9.72 Å².